The minimum absolute atomic E-state index is 0.141. The molecule has 0 spiro atoms. The Morgan fingerprint density at radius 1 is 0.846 bits per heavy atom. The van der Waals surface area contributed by atoms with Crippen LogP contribution < -0.4 is 5.48 Å². The minimum Gasteiger partial charge on any atom is -0.272 e. The zero-order valence-corrected chi connectivity index (χ0v) is 14.9. The van der Waals surface area contributed by atoms with Gasteiger partial charge in [-0.15, -0.1) is 0 Å². The predicted molar refractivity (Wildman–Crippen MR) is 103 cm³/mol. The fraction of sp³-hybridized carbons (Fsp3) is 0.174. The Morgan fingerprint density at radius 3 is 2.15 bits per heavy atom. The van der Waals surface area contributed by atoms with Crippen LogP contribution in [0.3, 0.4) is 0 Å². The van der Waals surface area contributed by atoms with E-state index in [1.165, 1.54) is 11.1 Å². The van der Waals surface area contributed by atoms with Crippen molar-refractivity contribution in [3.05, 3.63) is 107 Å². The largest absolute Gasteiger partial charge is 0.272 e. The van der Waals surface area contributed by atoms with E-state index < -0.39 is 0 Å². The van der Waals surface area contributed by atoms with Crippen LogP contribution in [0.25, 0.3) is 0 Å². The molecule has 26 heavy (non-hydrogen) atoms. The van der Waals surface area contributed by atoms with Crippen molar-refractivity contribution in [3.63, 3.8) is 0 Å². The number of benzene rings is 3. The monoisotopic (exact) mass is 345 g/mol. The number of nitrogens with one attached hydrogen (secondary N) is 1. The Morgan fingerprint density at radius 2 is 1.46 bits per heavy atom. The summed E-state index contributed by atoms with van der Waals surface area (Å²) in [7, 11) is 0. The Hall–Kier alpha value is -2.91. The third kappa shape index (κ3) is 5.04. The van der Waals surface area contributed by atoms with E-state index in [1.54, 1.807) is 0 Å². The standard InChI is InChI=1S/C23H23NO2/c1-18(23(25)24-26-17-20-11-6-3-7-12-20)22-14-8-13-21(16-22)15-19-9-4-2-5-10-19/h2-14,16,18H,15,17H2,1H3,(H,24,25). The van der Waals surface area contributed by atoms with Crippen LogP contribution in [0.15, 0.2) is 84.9 Å². The Kier molecular flexibility index (Phi) is 6.18. The lowest BCUT2D eigenvalue weighted by atomic mass is 9.96. The summed E-state index contributed by atoms with van der Waals surface area (Å²) in [6, 6.07) is 28.3. The van der Waals surface area contributed by atoms with E-state index in [0.717, 1.165) is 17.5 Å². The molecule has 0 aliphatic carbocycles. The molecule has 1 N–H and O–H groups in total. The van der Waals surface area contributed by atoms with Crippen molar-refractivity contribution < 1.29 is 9.63 Å². The van der Waals surface area contributed by atoms with E-state index in [2.05, 4.69) is 29.7 Å². The van der Waals surface area contributed by atoms with Crippen LogP contribution in [0.5, 0.6) is 0 Å². The van der Waals surface area contributed by atoms with Gasteiger partial charge in [0.25, 0.3) is 5.91 Å². The molecule has 1 atom stereocenters. The lowest BCUT2D eigenvalue weighted by molar-refractivity contribution is -0.135. The molecule has 0 bridgehead atoms. The summed E-state index contributed by atoms with van der Waals surface area (Å²) in [5.41, 5.74) is 7.01. The first-order valence-electron chi connectivity index (χ1n) is 8.81. The molecule has 0 aromatic heterocycles. The summed E-state index contributed by atoms with van der Waals surface area (Å²) in [5, 5.41) is 0. The highest BCUT2D eigenvalue weighted by Crippen LogP contribution is 2.19. The highest BCUT2D eigenvalue weighted by molar-refractivity contribution is 5.82. The average molecular weight is 345 g/mol. The van der Waals surface area contributed by atoms with Gasteiger partial charge >= 0.3 is 0 Å². The van der Waals surface area contributed by atoms with Crippen molar-refractivity contribution in [1.29, 1.82) is 0 Å². The molecule has 0 aliphatic heterocycles. The Labute approximate surface area is 154 Å². The number of hydrogen-bond donors (Lipinski definition) is 1. The molecule has 3 aromatic carbocycles. The van der Waals surface area contributed by atoms with Crippen LogP contribution in [-0.4, -0.2) is 5.91 Å². The van der Waals surface area contributed by atoms with E-state index >= 15 is 0 Å². The first-order valence-corrected chi connectivity index (χ1v) is 8.81. The van der Waals surface area contributed by atoms with Gasteiger partial charge in [-0.3, -0.25) is 9.63 Å². The lowest BCUT2D eigenvalue weighted by Gasteiger charge is -2.14. The van der Waals surface area contributed by atoms with Crippen LogP contribution in [0, 0.1) is 0 Å². The van der Waals surface area contributed by atoms with Crippen LogP contribution in [0.4, 0.5) is 0 Å². The van der Waals surface area contributed by atoms with E-state index in [0.29, 0.717) is 6.61 Å². The summed E-state index contributed by atoms with van der Waals surface area (Å²) in [6.45, 7) is 2.25. The van der Waals surface area contributed by atoms with Crippen molar-refractivity contribution in [2.24, 2.45) is 0 Å². The topological polar surface area (TPSA) is 38.3 Å². The molecule has 0 radical (unpaired) electrons. The highest BCUT2D eigenvalue weighted by atomic mass is 16.6. The quantitative estimate of drug-likeness (QED) is 0.634. The molecule has 1 amide bonds. The van der Waals surface area contributed by atoms with Gasteiger partial charge in [0.1, 0.15) is 0 Å². The fourth-order valence-electron chi connectivity index (χ4n) is 2.81. The van der Waals surface area contributed by atoms with Crippen molar-refractivity contribution in [2.75, 3.05) is 0 Å². The zero-order chi connectivity index (χ0) is 18.2. The van der Waals surface area contributed by atoms with E-state index in [9.17, 15) is 4.79 Å². The number of carbonyl (C=O) groups excluding carboxylic acids is 1. The van der Waals surface area contributed by atoms with E-state index in [1.807, 2.05) is 67.6 Å². The Balaban J connectivity index is 1.57. The van der Waals surface area contributed by atoms with Gasteiger partial charge < -0.3 is 0 Å². The molecule has 0 heterocycles. The minimum atomic E-state index is -0.276. The molecule has 3 heteroatoms. The van der Waals surface area contributed by atoms with Crippen molar-refractivity contribution in [3.8, 4) is 0 Å². The zero-order valence-electron chi connectivity index (χ0n) is 14.9. The molecular weight excluding hydrogens is 322 g/mol. The molecule has 1 unspecified atom stereocenters. The summed E-state index contributed by atoms with van der Waals surface area (Å²) in [5.74, 6) is -0.417. The van der Waals surface area contributed by atoms with Gasteiger partial charge in [0.2, 0.25) is 0 Å². The Bertz CT molecular complexity index is 831. The molecule has 0 aliphatic rings. The smallest absolute Gasteiger partial charge is 0.250 e. The third-order valence-electron chi connectivity index (χ3n) is 4.35. The van der Waals surface area contributed by atoms with Gasteiger partial charge in [0, 0.05) is 0 Å². The highest BCUT2D eigenvalue weighted by Gasteiger charge is 2.15. The summed E-state index contributed by atoms with van der Waals surface area (Å²) in [4.78, 5) is 17.7. The van der Waals surface area contributed by atoms with Gasteiger partial charge in [-0.05, 0) is 35.6 Å². The molecule has 3 aromatic rings. The molecule has 0 fully saturated rings. The predicted octanol–water partition coefficient (Wildman–Crippen LogP) is 4.63. The first kappa shape index (κ1) is 17.9. The van der Waals surface area contributed by atoms with Crippen LogP contribution in [-0.2, 0) is 22.7 Å². The maximum absolute atomic E-state index is 12.4. The van der Waals surface area contributed by atoms with Gasteiger partial charge in [-0.2, -0.15) is 0 Å². The fourth-order valence-corrected chi connectivity index (χ4v) is 2.81. The SMILES string of the molecule is CC(C(=O)NOCc1ccccc1)c1cccc(Cc2ccccc2)c1. The number of hydrogen-bond acceptors (Lipinski definition) is 2. The number of carbonyl (C=O) groups is 1. The van der Waals surface area contributed by atoms with Gasteiger partial charge in [-0.1, -0.05) is 84.9 Å². The maximum Gasteiger partial charge on any atom is 0.250 e. The summed E-state index contributed by atoms with van der Waals surface area (Å²) in [6.07, 6.45) is 0.855. The molecule has 3 rings (SSSR count). The van der Waals surface area contributed by atoms with Crippen LogP contribution >= 0.6 is 0 Å². The molecular formula is C23H23NO2. The van der Waals surface area contributed by atoms with Crippen molar-refractivity contribution >= 4 is 5.91 Å². The summed E-state index contributed by atoms with van der Waals surface area (Å²) < 4.78 is 0. The van der Waals surface area contributed by atoms with Crippen LogP contribution in [0.1, 0.15) is 35.1 Å². The average Bonchev–Trinajstić information content (AvgIpc) is 2.69. The molecule has 3 nitrogen and oxygen atoms in total. The molecule has 0 saturated carbocycles. The number of amides is 1. The van der Waals surface area contributed by atoms with E-state index in [-0.39, 0.29) is 11.8 Å². The molecule has 0 saturated heterocycles. The van der Waals surface area contributed by atoms with Gasteiger partial charge in [-0.25, -0.2) is 5.48 Å². The lowest BCUT2D eigenvalue weighted by Crippen LogP contribution is -2.28. The third-order valence-corrected chi connectivity index (χ3v) is 4.35. The number of hydroxylamine groups is 1. The molecule has 132 valence electrons. The van der Waals surface area contributed by atoms with Gasteiger partial charge in [0.05, 0.1) is 12.5 Å². The second-order valence-electron chi connectivity index (χ2n) is 6.37. The van der Waals surface area contributed by atoms with Gasteiger partial charge in [0.15, 0.2) is 0 Å². The first-order chi connectivity index (χ1) is 12.7. The normalized spacial score (nSPS) is 11.7. The second kappa shape index (κ2) is 8.97. The van der Waals surface area contributed by atoms with Crippen molar-refractivity contribution in [2.45, 2.75) is 25.9 Å². The summed E-state index contributed by atoms with van der Waals surface area (Å²) >= 11 is 0. The van der Waals surface area contributed by atoms with Crippen molar-refractivity contribution in [1.82, 2.24) is 5.48 Å². The maximum atomic E-state index is 12.4. The van der Waals surface area contributed by atoms with E-state index in [4.69, 9.17) is 4.84 Å². The second-order valence-corrected chi connectivity index (χ2v) is 6.37. The number of rotatable bonds is 7. The van der Waals surface area contributed by atoms with Crippen LogP contribution in [0.2, 0.25) is 0 Å².